The van der Waals surface area contributed by atoms with E-state index in [0.717, 1.165) is 0 Å². The van der Waals surface area contributed by atoms with Crippen molar-refractivity contribution in [3.05, 3.63) is 0 Å². The van der Waals surface area contributed by atoms with Crippen LogP contribution in [0, 0.1) is 5.92 Å². The Hall–Kier alpha value is -0.620. The molecule has 17 heavy (non-hydrogen) atoms. The maximum atomic E-state index is 11.3. The summed E-state index contributed by atoms with van der Waals surface area (Å²) < 4.78 is 22.6. The SMILES string of the molecule is CC(C)C(C(=O)O)N(C)C1CCS(=O)(=O)CC1. The van der Waals surface area contributed by atoms with Crippen LogP contribution < -0.4 is 0 Å². The van der Waals surface area contributed by atoms with E-state index < -0.39 is 21.8 Å². The zero-order chi connectivity index (χ0) is 13.2. The molecule has 0 aliphatic carbocycles. The van der Waals surface area contributed by atoms with Gasteiger partial charge in [0.1, 0.15) is 15.9 Å². The molecule has 1 N–H and O–H groups in total. The van der Waals surface area contributed by atoms with Gasteiger partial charge in [0.25, 0.3) is 0 Å². The van der Waals surface area contributed by atoms with Crippen molar-refractivity contribution in [2.24, 2.45) is 5.92 Å². The lowest BCUT2D eigenvalue weighted by molar-refractivity contribution is -0.145. The average molecular weight is 263 g/mol. The Morgan fingerprint density at radius 1 is 1.29 bits per heavy atom. The van der Waals surface area contributed by atoms with Crippen LogP contribution in [-0.2, 0) is 14.6 Å². The van der Waals surface area contributed by atoms with Gasteiger partial charge in [0.2, 0.25) is 0 Å². The number of hydrogen-bond donors (Lipinski definition) is 1. The van der Waals surface area contributed by atoms with E-state index in [-0.39, 0.29) is 23.5 Å². The molecule has 1 fully saturated rings. The van der Waals surface area contributed by atoms with E-state index in [4.69, 9.17) is 0 Å². The molecule has 1 rings (SSSR count). The van der Waals surface area contributed by atoms with Gasteiger partial charge in [0.05, 0.1) is 11.5 Å². The lowest BCUT2D eigenvalue weighted by Gasteiger charge is -2.36. The second-order valence-corrected chi connectivity index (χ2v) is 7.38. The van der Waals surface area contributed by atoms with Gasteiger partial charge < -0.3 is 5.11 Å². The number of hydrogen-bond acceptors (Lipinski definition) is 4. The molecule has 1 aliphatic rings. The van der Waals surface area contributed by atoms with Gasteiger partial charge in [-0.3, -0.25) is 9.69 Å². The third kappa shape index (κ3) is 3.67. The van der Waals surface area contributed by atoms with E-state index >= 15 is 0 Å². The van der Waals surface area contributed by atoms with Crippen molar-refractivity contribution in [2.75, 3.05) is 18.6 Å². The second-order valence-electron chi connectivity index (χ2n) is 5.08. The molecule has 100 valence electrons. The first-order valence-corrected chi connectivity index (χ1v) is 7.72. The first kappa shape index (κ1) is 14.4. The standard InChI is InChI=1S/C11H21NO4S/c1-8(2)10(11(13)14)12(3)9-4-6-17(15,16)7-5-9/h8-10H,4-7H2,1-3H3,(H,13,14). The highest BCUT2D eigenvalue weighted by Gasteiger charge is 2.34. The predicted molar refractivity (Wildman–Crippen MR) is 65.7 cm³/mol. The van der Waals surface area contributed by atoms with Crippen molar-refractivity contribution in [1.82, 2.24) is 4.90 Å². The lowest BCUT2D eigenvalue weighted by Crippen LogP contribution is -2.50. The summed E-state index contributed by atoms with van der Waals surface area (Å²) in [5, 5.41) is 9.19. The van der Waals surface area contributed by atoms with Crippen LogP contribution in [0.3, 0.4) is 0 Å². The summed E-state index contributed by atoms with van der Waals surface area (Å²) in [5.74, 6) is -0.481. The summed E-state index contributed by atoms with van der Waals surface area (Å²) in [6.07, 6.45) is 1.07. The molecule has 1 unspecified atom stereocenters. The number of likely N-dealkylation sites (N-methyl/N-ethyl adjacent to an activating group) is 1. The zero-order valence-electron chi connectivity index (χ0n) is 10.6. The summed E-state index contributed by atoms with van der Waals surface area (Å²) in [7, 11) is -1.11. The smallest absolute Gasteiger partial charge is 0.321 e. The van der Waals surface area contributed by atoms with Crippen molar-refractivity contribution in [1.29, 1.82) is 0 Å². The Kier molecular flexibility index (Phi) is 4.55. The van der Waals surface area contributed by atoms with Crippen molar-refractivity contribution >= 4 is 15.8 Å². The summed E-state index contributed by atoms with van der Waals surface area (Å²) in [6.45, 7) is 3.74. The number of rotatable bonds is 4. The van der Waals surface area contributed by atoms with Crippen LogP contribution in [0.15, 0.2) is 0 Å². The van der Waals surface area contributed by atoms with Crippen molar-refractivity contribution in [3.8, 4) is 0 Å². The van der Waals surface area contributed by atoms with Crippen molar-refractivity contribution in [2.45, 2.75) is 38.8 Å². The molecule has 0 aromatic heterocycles. The molecule has 0 aromatic carbocycles. The fourth-order valence-corrected chi connectivity index (χ4v) is 3.91. The molecule has 0 bridgehead atoms. The van der Waals surface area contributed by atoms with E-state index in [2.05, 4.69) is 0 Å². The maximum absolute atomic E-state index is 11.3. The molecule has 1 heterocycles. The van der Waals surface area contributed by atoms with E-state index in [0.29, 0.717) is 12.8 Å². The van der Waals surface area contributed by atoms with Gasteiger partial charge in [-0.1, -0.05) is 13.8 Å². The molecule has 0 amide bonds. The third-order valence-electron chi connectivity index (χ3n) is 3.42. The fourth-order valence-electron chi connectivity index (χ4n) is 2.44. The highest BCUT2D eigenvalue weighted by molar-refractivity contribution is 7.91. The minimum Gasteiger partial charge on any atom is -0.480 e. The molecular formula is C11H21NO4S. The van der Waals surface area contributed by atoms with Crippen LogP contribution in [0.1, 0.15) is 26.7 Å². The van der Waals surface area contributed by atoms with Crippen molar-refractivity contribution < 1.29 is 18.3 Å². The highest BCUT2D eigenvalue weighted by atomic mass is 32.2. The fraction of sp³-hybridized carbons (Fsp3) is 0.909. The molecule has 0 radical (unpaired) electrons. The average Bonchev–Trinajstić information content (AvgIpc) is 2.15. The summed E-state index contributed by atoms with van der Waals surface area (Å²) >= 11 is 0. The quantitative estimate of drug-likeness (QED) is 0.804. The highest BCUT2D eigenvalue weighted by Crippen LogP contribution is 2.21. The maximum Gasteiger partial charge on any atom is 0.321 e. The zero-order valence-corrected chi connectivity index (χ0v) is 11.4. The molecule has 1 atom stereocenters. The summed E-state index contributed by atoms with van der Waals surface area (Å²) in [4.78, 5) is 13.0. The van der Waals surface area contributed by atoms with Gasteiger partial charge in [-0.05, 0) is 25.8 Å². The Labute approximate surface area is 103 Å². The number of sulfone groups is 1. The molecule has 1 saturated heterocycles. The van der Waals surface area contributed by atoms with Gasteiger partial charge >= 0.3 is 5.97 Å². The lowest BCUT2D eigenvalue weighted by atomic mass is 9.99. The molecule has 0 aromatic rings. The first-order chi connectivity index (χ1) is 7.74. The molecule has 5 nitrogen and oxygen atoms in total. The summed E-state index contributed by atoms with van der Waals surface area (Å²) in [6, 6.07) is -0.483. The topological polar surface area (TPSA) is 74.7 Å². The number of aliphatic carboxylic acids is 1. The monoisotopic (exact) mass is 263 g/mol. The number of carboxylic acid groups (broad SMARTS) is 1. The van der Waals surface area contributed by atoms with Gasteiger partial charge in [-0.15, -0.1) is 0 Å². The van der Waals surface area contributed by atoms with E-state index in [1.54, 1.807) is 7.05 Å². The number of nitrogens with zero attached hydrogens (tertiary/aromatic N) is 1. The summed E-state index contributed by atoms with van der Waals surface area (Å²) in [5.41, 5.74) is 0. The Bertz CT molecular complexity index is 363. The van der Waals surface area contributed by atoms with Crippen LogP contribution in [0.2, 0.25) is 0 Å². The third-order valence-corrected chi connectivity index (χ3v) is 5.14. The first-order valence-electron chi connectivity index (χ1n) is 5.90. The second kappa shape index (κ2) is 5.35. The van der Waals surface area contributed by atoms with Crippen LogP contribution in [0.25, 0.3) is 0 Å². The molecule has 0 saturated carbocycles. The minimum absolute atomic E-state index is 0.0102. The number of carboxylic acids is 1. The van der Waals surface area contributed by atoms with Gasteiger partial charge in [0, 0.05) is 6.04 Å². The van der Waals surface area contributed by atoms with Crippen LogP contribution in [-0.4, -0.2) is 55.0 Å². The van der Waals surface area contributed by atoms with E-state index in [9.17, 15) is 18.3 Å². The largest absolute Gasteiger partial charge is 0.480 e. The van der Waals surface area contributed by atoms with Gasteiger partial charge in [-0.25, -0.2) is 8.42 Å². The Balaban J connectivity index is 2.70. The predicted octanol–water partition coefficient (Wildman–Crippen LogP) is 0.605. The van der Waals surface area contributed by atoms with Crippen LogP contribution >= 0.6 is 0 Å². The van der Waals surface area contributed by atoms with E-state index in [1.807, 2.05) is 18.7 Å². The van der Waals surface area contributed by atoms with Gasteiger partial charge in [-0.2, -0.15) is 0 Å². The Morgan fingerprint density at radius 2 is 1.76 bits per heavy atom. The molecule has 0 spiro atoms. The minimum atomic E-state index is -2.89. The molecular weight excluding hydrogens is 242 g/mol. The van der Waals surface area contributed by atoms with Gasteiger partial charge in [0.15, 0.2) is 0 Å². The van der Waals surface area contributed by atoms with Crippen molar-refractivity contribution in [3.63, 3.8) is 0 Å². The molecule has 6 heteroatoms. The van der Waals surface area contributed by atoms with Crippen LogP contribution in [0.5, 0.6) is 0 Å². The van der Waals surface area contributed by atoms with Crippen LogP contribution in [0.4, 0.5) is 0 Å². The Morgan fingerprint density at radius 3 is 2.12 bits per heavy atom. The van der Waals surface area contributed by atoms with E-state index in [1.165, 1.54) is 0 Å². The molecule has 1 aliphatic heterocycles. The number of carbonyl (C=O) groups is 1. The normalized spacial score (nSPS) is 22.9.